The molecule has 0 bridgehead atoms. The van der Waals surface area contributed by atoms with Crippen LogP contribution in [0.15, 0.2) is 16.7 Å². The van der Waals surface area contributed by atoms with Crippen molar-refractivity contribution < 1.29 is 14.4 Å². The van der Waals surface area contributed by atoms with Crippen molar-refractivity contribution in [3.63, 3.8) is 0 Å². The predicted octanol–water partition coefficient (Wildman–Crippen LogP) is 2.15. The van der Waals surface area contributed by atoms with Crippen molar-refractivity contribution in [1.82, 2.24) is 10.1 Å². The van der Waals surface area contributed by atoms with Crippen LogP contribution in [0, 0.1) is 0 Å². The van der Waals surface area contributed by atoms with E-state index in [1.165, 1.54) is 11.3 Å². The zero-order valence-electron chi connectivity index (χ0n) is 6.60. The number of aromatic nitrogens is 2. The minimum atomic E-state index is -1.24. The second-order valence-corrected chi connectivity index (χ2v) is 4.05. The zero-order valence-corrected chi connectivity index (χ0v) is 8.17. The van der Waals surface area contributed by atoms with E-state index in [-0.39, 0.29) is 5.82 Å². The lowest BCUT2D eigenvalue weighted by Gasteiger charge is -1.81. The first-order chi connectivity index (χ1) is 6.66. The molecular weight excluding hydrogens is 228 g/mol. The molecule has 0 saturated heterocycles. The minimum absolute atomic E-state index is 0.235. The Morgan fingerprint density at radius 1 is 1.57 bits per heavy atom. The second kappa shape index (κ2) is 3.39. The number of hydrogen-bond acceptors (Lipinski definition) is 5. The molecule has 0 amide bonds. The largest absolute Gasteiger partial charge is 0.474 e. The number of thiophene rings is 1. The molecule has 0 aliphatic heterocycles. The van der Waals surface area contributed by atoms with Gasteiger partial charge in [0.15, 0.2) is 0 Å². The quantitative estimate of drug-likeness (QED) is 0.855. The van der Waals surface area contributed by atoms with E-state index in [2.05, 4.69) is 14.7 Å². The van der Waals surface area contributed by atoms with Gasteiger partial charge in [0.25, 0.3) is 0 Å². The van der Waals surface area contributed by atoms with E-state index in [0.717, 1.165) is 0 Å². The smallest absolute Gasteiger partial charge is 0.394 e. The molecule has 0 aliphatic rings. The molecule has 0 atom stereocenters. The van der Waals surface area contributed by atoms with Gasteiger partial charge >= 0.3 is 11.9 Å². The minimum Gasteiger partial charge on any atom is -0.474 e. The van der Waals surface area contributed by atoms with Crippen molar-refractivity contribution in [3.8, 4) is 10.7 Å². The van der Waals surface area contributed by atoms with Gasteiger partial charge in [-0.2, -0.15) is 4.98 Å². The van der Waals surface area contributed by atoms with E-state index >= 15 is 0 Å². The highest BCUT2D eigenvalue weighted by Gasteiger charge is 2.15. The van der Waals surface area contributed by atoms with Crippen LogP contribution in [0.2, 0.25) is 4.34 Å². The SMILES string of the molecule is O=C(O)c1nc(-c2ccc(Cl)s2)no1. The van der Waals surface area contributed by atoms with E-state index in [1.807, 2.05) is 0 Å². The lowest BCUT2D eigenvalue weighted by molar-refractivity contribution is 0.0643. The summed E-state index contributed by atoms with van der Waals surface area (Å²) in [5.74, 6) is -1.43. The number of hydrogen-bond donors (Lipinski definition) is 1. The molecule has 1 N–H and O–H groups in total. The maximum atomic E-state index is 10.4. The van der Waals surface area contributed by atoms with Crippen LogP contribution in [0.3, 0.4) is 0 Å². The molecule has 0 spiro atoms. The number of carboxylic acids is 1. The fourth-order valence-electron chi connectivity index (χ4n) is 0.845. The average Bonchev–Trinajstić information content (AvgIpc) is 2.70. The fourth-order valence-corrected chi connectivity index (χ4v) is 1.81. The van der Waals surface area contributed by atoms with Gasteiger partial charge in [-0.15, -0.1) is 11.3 Å². The van der Waals surface area contributed by atoms with Crippen LogP contribution in [-0.4, -0.2) is 21.2 Å². The highest BCUT2D eigenvalue weighted by Crippen LogP contribution is 2.28. The van der Waals surface area contributed by atoms with Gasteiger partial charge in [0.1, 0.15) is 0 Å². The maximum absolute atomic E-state index is 10.4. The second-order valence-electron chi connectivity index (χ2n) is 2.33. The van der Waals surface area contributed by atoms with Gasteiger partial charge in [-0.3, -0.25) is 0 Å². The van der Waals surface area contributed by atoms with Crippen molar-refractivity contribution in [2.24, 2.45) is 0 Å². The van der Waals surface area contributed by atoms with Crippen LogP contribution in [0.1, 0.15) is 10.7 Å². The van der Waals surface area contributed by atoms with Gasteiger partial charge in [-0.25, -0.2) is 4.79 Å². The first-order valence-corrected chi connectivity index (χ1v) is 4.69. The Labute approximate surface area is 86.9 Å². The average molecular weight is 231 g/mol. The highest BCUT2D eigenvalue weighted by atomic mass is 35.5. The van der Waals surface area contributed by atoms with Crippen LogP contribution in [0.25, 0.3) is 10.7 Å². The normalized spacial score (nSPS) is 10.4. The summed E-state index contributed by atoms with van der Waals surface area (Å²) in [6.45, 7) is 0. The number of carboxylic acid groups (broad SMARTS) is 1. The van der Waals surface area contributed by atoms with Crippen molar-refractivity contribution >= 4 is 28.9 Å². The Hall–Kier alpha value is -1.40. The van der Waals surface area contributed by atoms with Gasteiger partial charge in [0.05, 0.1) is 9.21 Å². The number of aromatic carboxylic acids is 1. The molecule has 0 aromatic carbocycles. The standard InChI is InChI=1S/C7H3ClN2O3S/c8-4-2-1-3(14-4)5-9-6(7(11)12)13-10-5/h1-2H,(H,11,12). The van der Waals surface area contributed by atoms with E-state index in [1.54, 1.807) is 12.1 Å². The molecule has 7 heteroatoms. The number of nitrogens with zero attached hydrogens (tertiary/aromatic N) is 2. The van der Waals surface area contributed by atoms with Crippen molar-refractivity contribution in [2.45, 2.75) is 0 Å². The number of halogens is 1. The molecule has 0 radical (unpaired) electrons. The summed E-state index contributed by atoms with van der Waals surface area (Å²) >= 11 is 6.95. The van der Waals surface area contributed by atoms with Gasteiger partial charge in [-0.1, -0.05) is 16.8 Å². The molecule has 2 rings (SSSR count). The molecule has 0 unspecified atom stereocenters. The zero-order chi connectivity index (χ0) is 10.1. The Balaban J connectivity index is 2.38. The van der Waals surface area contributed by atoms with Crippen LogP contribution < -0.4 is 0 Å². The predicted molar refractivity (Wildman–Crippen MR) is 49.6 cm³/mol. The molecule has 72 valence electrons. The van der Waals surface area contributed by atoms with E-state index in [0.29, 0.717) is 9.21 Å². The van der Waals surface area contributed by atoms with Gasteiger partial charge in [0.2, 0.25) is 5.82 Å². The van der Waals surface area contributed by atoms with E-state index in [9.17, 15) is 4.79 Å². The van der Waals surface area contributed by atoms with Gasteiger partial charge < -0.3 is 9.63 Å². The Bertz CT molecular complexity index is 479. The Kier molecular flexibility index (Phi) is 2.22. The summed E-state index contributed by atoms with van der Waals surface area (Å²) in [5.41, 5.74) is 0. The summed E-state index contributed by atoms with van der Waals surface area (Å²) < 4.78 is 5.08. The lowest BCUT2D eigenvalue weighted by Crippen LogP contribution is -1.95. The van der Waals surface area contributed by atoms with Crippen molar-refractivity contribution in [1.29, 1.82) is 0 Å². The monoisotopic (exact) mass is 230 g/mol. The van der Waals surface area contributed by atoms with Crippen LogP contribution >= 0.6 is 22.9 Å². The summed E-state index contributed by atoms with van der Waals surface area (Å²) in [5, 5.41) is 12.0. The molecule has 2 heterocycles. The summed E-state index contributed by atoms with van der Waals surface area (Å²) in [7, 11) is 0. The summed E-state index contributed by atoms with van der Waals surface area (Å²) in [6.07, 6.45) is 0. The van der Waals surface area contributed by atoms with E-state index in [4.69, 9.17) is 16.7 Å². The lowest BCUT2D eigenvalue weighted by atomic mass is 10.4. The summed E-state index contributed by atoms with van der Waals surface area (Å²) in [6, 6.07) is 3.38. The molecule has 14 heavy (non-hydrogen) atoms. The first-order valence-electron chi connectivity index (χ1n) is 3.49. The van der Waals surface area contributed by atoms with Crippen molar-refractivity contribution in [3.05, 3.63) is 22.4 Å². The molecule has 0 fully saturated rings. The van der Waals surface area contributed by atoms with Gasteiger partial charge in [-0.05, 0) is 12.1 Å². The number of carbonyl (C=O) groups is 1. The molecular formula is C7H3ClN2O3S. The molecule has 2 aromatic rings. The van der Waals surface area contributed by atoms with Crippen LogP contribution in [0.5, 0.6) is 0 Å². The van der Waals surface area contributed by atoms with Crippen molar-refractivity contribution in [2.75, 3.05) is 0 Å². The molecule has 0 aliphatic carbocycles. The third kappa shape index (κ3) is 1.61. The van der Waals surface area contributed by atoms with E-state index < -0.39 is 11.9 Å². The molecule has 0 saturated carbocycles. The molecule has 5 nitrogen and oxygen atoms in total. The van der Waals surface area contributed by atoms with Gasteiger partial charge in [0, 0.05) is 0 Å². The third-order valence-corrected chi connectivity index (χ3v) is 2.63. The Morgan fingerprint density at radius 2 is 2.36 bits per heavy atom. The molecule has 2 aromatic heterocycles. The number of rotatable bonds is 2. The Morgan fingerprint density at radius 3 is 2.86 bits per heavy atom. The summed E-state index contributed by atoms with van der Waals surface area (Å²) in [4.78, 5) is 14.8. The third-order valence-electron chi connectivity index (χ3n) is 1.40. The first kappa shape index (κ1) is 9.17. The fraction of sp³-hybridized carbons (Fsp3) is 0. The van der Waals surface area contributed by atoms with Crippen LogP contribution in [-0.2, 0) is 0 Å². The topological polar surface area (TPSA) is 76.2 Å². The van der Waals surface area contributed by atoms with Crippen LogP contribution in [0.4, 0.5) is 0 Å². The highest BCUT2D eigenvalue weighted by molar-refractivity contribution is 7.19. The maximum Gasteiger partial charge on any atom is 0.394 e.